The van der Waals surface area contributed by atoms with Crippen LogP contribution in [-0.2, 0) is 24.3 Å². The second-order valence-corrected chi connectivity index (χ2v) is 15.6. The lowest BCUT2D eigenvalue weighted by Crippen LogP contribution is -2.44. The number of pyridine rings is 2. The molecule has 12 nitrogen and oxygen atoms in total. The Morgan fingerprint density at radius 1 is 0.860 bits per heavy atom. The summed E-state index contributed by atoms with van der Waals surface area (Å²) in [4.78, 5) is 46.8. The number of nitrogens with zero attached hydrogens (tertiary/aromatic N) is 3. The highest BCUT2D eigenvalue weighted by Crippen LogP contribution is 2.29. The van der Waals surface area contributed by atoms with Gasteiger partial charge in [0, 0.05) is 41.0 Å². The summed E-state index contributed by atoms with van der Waals surface area (Å²) in [6.45, 7) is 10.6. The maximum atomic E-state index is 13.4. The van der Waals surface area contributed by atoms with E-state index in [0.29, 0.717) is 40.6 Å². The number of carbonyl (C=O) groups excluding carboxylic acids is 3. The fourth-order valence-electron chi connectivity index (χ4n) is 5.23. The molecule has 4 aromatic rings. The summed E-state index contributed by atoms with van der Waals surface area (Å²) in [6, 6.07) is 16.0. The van der Waals surface area contributed by atoms with Crippen molar-refractivity contribution < 1.29 is 32.3 Å². The van der Waals surface area contributed by atoms with Crippen LogP contribution in [0.2, 0.25) is 0 Å². The van der Waals surface area contributed by atoms with Gasteiger partial charge in [-0.1, -0.05) is 24.0 Å². The molecule has 1 fully saturated rings. The highest BCUT2D eigenvalue weighted by Gasteiger charge is 2.41. The van der Waals surface area contributed by atoms with Crippen molar-refractivity contribution in [1.29, 1.82) is 0 Å². The number of amides is 2. The van der Waals surface area contributed by atoms with E-state index in [4.69, 9.17) is 14.5 Å². The number of nitrogens with one attached hydrogen (secondary N) is 2. The molecule has 1 aliphatic heterocycles. The summed E-state index contributed by atoms with van der Waals surface area (Å²) in [7, 11) is -3.91. The van der Waals surface area contributed by atoms with Gasteiger partial charge in [0.25, 0.3) is 5.91 Å². The van der Waals surface area contributed by atoms with E-state index in [1.54, 1.807) is 72.0 Å². The predicted octanol–water partition coefficient (Wildman–Crippen LogP) is 5.36. The second kappa shape index (κ2) is 14.3. The topological polar surface area (TPSA) is 157 Å². The normalized spacial score (nSPS) is 15.1. The Morgan fingerprint density at radius 2 is 1.48 bits per heavy atom. The average Bonchev–Trinajstić information content (AvgIpc) is 3.56. The maximum Gasteiger partial charge on any atom is 0.426 e. The molecule has 1 aliphatic rings. The molecule has 3 heterocycles. The molecule has 1 atom stereocenters. The highest BCUT2D eigenvalue weighted by atomic mass is 32.2. The van der Waals surface area contributed by atoms with Gasteiger partial charge in [-0.25, -0.2) is 23.6 Å². The number of sulfonamides is 1. The van der Waals surface area contributed by atoms with Gasteiger partial charge in [0.1, 0.15) is 17.2 Å². The number of hydrazine groups is 1. The maximum absolute atomic E-state index is 13.4. The first-order valence-corrected chi connectivity index (χ1v) is 17.5. The van der Waals surface area contributed by atoms with E-state index in [9.17, 15) is 22.8 Å². The van der Waals surface area contributed by atoms with E-state index < -0.39 is 45.2 Å². The molecule has 260 valence electrons. The van der Waals surface area contributed by atoms with Gasteiger partial charge in [-0.2, -0.15) is 4.31 Å². The van der Waals surface area contributed by atoms with E-state index in [2.05, 4.69) is 27.7 Å². The van der Waals surface area contributed by atoms with Crippen molar-refractivity contribution in [3.8, 4) is 23.1 Å². The molecule has 13 heteroatoms. The van der Waals surface area contributed by atoms with Gasteiger partial charge in [0.2, 0.25) is 10.0 Å². The molecule has 2 amide bonds. The molecule has 2 N–H and O–H groups in total. The number of hydrogen-bond donors (Lipinski definition) is 2. The summed E-state index contributed by atoms with van der Waals surface area (Å²) >= 11 is 0. The molecule has 50 heavy (non-hydrogen) atoms. The quantitative estimate of drug-likeness (QED) is 0.159. The zero-order chi connectivity index (χ0) is 36.3. The Labute approximate surface area is 291 Å². The Balaban J connectivity index is 1.30. The standard InChI is InChI=1S/C37H39N5O7S/c1-36(2,3)48-34(44)32-8-7-21-42(32)50(46,47)27-17-13-25(14-18-27)10-9-24-11-15-26(16-12-24)31-22-28(29-23-38-20-19-30(29)39-31)33(43)40-41-35(45)49-37(4,5)6/h11-20,22-23,32H,7-8,21H2,1-6H3,(H,40,43)(H,41,45). The summed E-state index contributed by atoms with van der Waals surface area (Å²) in [5.74, 6) is 5.03. The van der Waals surface area contributed by atoms with Crippen LogP contribution >= 0.6 is 0 Å². The third kappa shape index (κ3) is 8.82. The third-order valence-corrected chi connectivity index (χ3v) is 9.33. The average molecular weight is 698 g/mol. The van der Waals surface area contributed by atoms with Crippen LogP contribution in [0.25, 0.3) is 22.2 Å². The molecule has 0 saturated carbocycles. The van der Waals surface area contributed by atoms with Gasteiger partial charge >= 0.3 is 12.1 Å². The predicted molar refractivity (Wildman–Crippen MR) is 187 cm³/mol. The van der Waals surface area contributed by atoms with Gasteiger partial charge in [0.05, 0.1) is 21.7 Å². The first kappa shape index (κ1) is 36.0. The fourth-order valence-corrected chi connectivity index (χ4v) is 6.88. The molecule has 2 aromatic heterocycles. The lowest BCUT2D eigenvalue weighted by molar-refractivity contribution is -0.158. The third-order valence-electron chi connectivity index (χ3n) is 7.41. The SMILES string of the molecule is CC(C)(C)OC(=O)NNC(=O)c1cc(-c2ccc(C#Cc3ccc(S(=O)(=O)N4CCCC4C(=O)OC(C)(C)C)cc3)cc2)nc2ccncc12. The van der Waals surface area contributed by atoms with E-state index in [1.165, 1.54) is 22.6 Å². The van der Waals surface area contributed by atoms with Gasteiger partial charge < -0.3 is 9.47 Å². The van der Waals surface area contributed by atoms with Crippen LogP contribution in [0.5, 0.6) is 0 Å². The minimum absolute atomic E-state index is 0.0789. The van der Waals surface area contributed by atoms with E-state index in [-0.39, 0.29) is 17.0 Å². The van der Waals surface area contributed by atoms with E-state index in [0.717, 1.165) is 5.56 Å². The van der Waals surface area contributed by atoms with Crippen molar-refractivity contribution in [1.82, 2.24) is 25.1 Å². The van der Waals surface area contributed by atoms with Crippen molar-refractivity contribution in [2.75, 3.05) is 6.54 Å². The molecule has 0 aliphatic carbocycles. The largest absolute Gasteiger partial charge is 0.459 e. The number of rotatable bonds is 5. The number of ether oxygens (including phenoxy) is 2. The van der Waals surface area contributed by atoms with Crippen LogP contribution in [0.3, 0.4) is 0 Å². The first-order valence-electron chi connectivity index (χ1n) is 16.0. The second-order valence-electron chi connectivity index (χ2n) is 13.7. The molecule has 0 radical (unpaired) electrons. The first-order chi connectivity index (χ1) is 23.5. The fraction of sp³-hybridized carbons (Fsp3) is 0.324. The van der Waals surface area contributed by atoms with Crippen molar-refractivity contribution >= 4 is 38.9 Å². The van der Waals surface area contributed by atoms with Crippen LogP contribution in [-0.4, -0.2) is 64.4 Å². The number of benzene rings is 2. The molecule has 1 unspecified atom stereocenters. The Hall–Kier alpha value is -5.32. The van der Waals surface area contributed by atoms with Crippen LogP contribution in [0.15, 0.2) is 78.0 Å². The van der Waals surface area contributed by atoms with Gasteiger partial charge in [-0.15, -0.1) is 0 Å². The van der Waals surface area contributed by atoms with Crippen molar-refractivity contribution in [2.45, 2.75) is 76.5 Å². The van der Waals surface area contributed by atoms with Crippen LogP contribution in [0, 0.1) is 11.8 Å². The van der Waals surface area contributed by atoms with Crippen molar-refractivity contribution in [2.24, 2.45) is 0 Å². The number of aromatic nitrogens is 2. The molecule has 5 rings (SSSR count). The summed E-state index contributed by atoms with van der Waals surface area (Å²) in [5.41, 5.74) is 6.56. The molecule has 0 bridgehead atoms. The number of carbonyl (C=O) groups is 3. The highest BCUT2D eigenvalue weighted by molar-refractivity contribution is 7.89. The zero-order valence-electron chi connectivity index (χ0n) is 28.7. The molecule has 0 spiro atoms. The lowest BCUT2D eigenvalue weighted by Gasteiger charge is -2.27. The van der Waals surface area contributed by atoms with Gasteiger partial charge in [0.15, 0.2) is 0 Å². The van der Waals surface area contributed by atoms with Gasteiger partial charge in [-0.3, -0.25) is 20.0 Å². The van der Waals surface area contributed by atoms with Gasteiger partial charge in [-0.05, 0) is 103 Å². The zero-order valence-corrected chi connectivity index (χ0v) is 29.6. The van der Waals surface area contributed by atoms with E-state index >= 15 is 0 Å². The summed E-state index contributed by atoms with van der Waals surface area (Å²) < 4.78 is 38.7. The van der Waals surface area contributed by atoms with E-state index in [1.807, 2.05) is 24.3 Å². The Kier molecular flexibility index (Phi) is 10.3. The summed E-state index contributed by atoms with van der Waals surface area (Å²) in [6.07, 6.45) is 3.30. The number of hydrogen-bond acceptors (Lipinski definition) is 9. The minimum atomic E-state index is -3.91. The molecular formula is C37H39N5O7S. The molecular weight excluding hydrogens is 659 g/mol. The number of fused-ring (bicyclic) bond motifs is 1. The van der Waals surface area contributed by atoms with Crippen LogP contribution in [0.1, 0.15) is 75.9 Å². The smallest absolute Gasteiger partial charge is 0.426 e. The number of esters is 1. The Bertz CT molecular complexity index is 2090. The lowest BCUT2D eigenvalue weighted by atomic mass is 10.0. The van der Waals surface area contributed by atoms with Crippen LogP contribution in [0.4, 0.5) is 4.79 Å². The minimum Gasteiger partial charge on any atom is -0.459 e. The van der Waals surface area contributed by atoms with Crippen LogP contribution < -0.4 is 10.9 Å². The summed E-state index contributed by atoms with van der Waals surface area (Å²) in [5, 5.41) is 0.504. The molecule has 2 aromatic carbocycles. The molecule has 1 saturated heterocycles. The van der Waals surface area contributed by atoms with Crippen molar-refractivity contribution in [3.63, 3.8) is 0 Å². The Morgan fingerprint density at radius 3 is 2.10 bits per heavy atom. The van der Waals surface area contributed by atoms with Crippen molar-refractivity contribution in [3.05, 3.63) is 89.7 Å². The monoisotopic (exact) mass is 697 g/mol.